The molecule has 0 radical (unpaired) electrons. The highest BCUT2D eigenvalue weighted by Crippen LogP contribution is 2.18. The van der Waals surface area contributed by atoms with Crippen molar-refractivity contribution in [3.8, 4) is 0 Å². The molecular weight excluding hydrogens is 328 g/mol. The van der Waals surface area contributed by atoms with Crippen LogP contribution in [0.15, 0.2) is 28.8 Å². The molecule has 0 aliphatic rings. The molecule has 2 N–H and O–H groups in total. The van der Waals surface area contributed by atoms with Crippen LogP contribution in [0.25, 0.3) is 0 Å². The molecule has 7 heteroatoms. The Morgan fingerprint density at radius 1 is 1.25 bits per heavy atom. The largest absolute Gasteiger partial charge is 0.349 e. The minimum Gasteiger partial charge on any atom is -0.349 e. The molecule has 1 amide bonds. The van der Waals surface area contributed by atoms with Gasteiger partial charge in [-0.2, -0.15) is 4.98 Å². The smallest absolute Gasteiger partial charge is 0.229 e. The molecule has 0 fully saturated rings. The van der Waals surface area contributed by atoms with E-state index in [0.717, 1.165) is 5.56 Å². The average Bonchev–Trinajstić information content (AvgIpc) is 2.94. The number of halogens is 1. The number of nitrogens with zero attached hydrogens (tertiary/aromatic N) is 2. The predicted octanol–water partition coefficient (Wildman–Crippen LogP) is 2.37. The maximum atomic E-state index is 11.5. The summed E-state index contributed by atoms with van der Waals surface area (Å²) < 4.78 is 5.33. The van der Waals surface area contributed by atoms with Crippen LogP contribution >= 0.6 is 12.4 Å². The third-order valence-electron chi connectivity index (χ3n) is 3.73. The Morgan fingerprint density at radius 3 is 2.50 bits per heavy atom. The number of amides is 1. The SMILES string of the molecule is CNC(C)Cc1noc(CC(NC(C)=O)c2ccc(C)cc2)n1.Cl. The van der Waals surface area contributed by atoms with Gasteiger partial charge >= 0.3 is 0 Å². The van der Waals surface area contributed by atoms with Crippen molar-refractivity contribution in [3.05, 3.63) is 47.1 Å². The van der Waals surface area contributed by atoms with E-state index < -0.39 is 0 Å². The van der Waals surface area contributed by atoms with Crippen molar-refractivity contribution >= 4 is 18.3 Å². The highest BCUT2D eigenvalue weighted by atomic mass is 35.5. The average molecular weight is 353 g/mol. The summed E-state index contributed by atoms with van der Waals surface area (Å²) in [5.41, 5.74) is 2.20. The van der Waals surface area contributed by atoms with Crippen LogP contribution in [0.2, 0.25) is 0 Å². The lowest BCUT2D eigenvalue weighted by atomic mass is 10.0. The van der Waals surface area contributed by atoms with E-state index in [1.165, 1.54) is 12.5 Å². The lowest BCUT2D eigenvalue weighted by Crippen LogP contribution is -2.27. The van der Waals surface area contributed by atoms with Gasteiger partial charge in [-0.15, -0.1) is 12.4 Å². The fraction of sp³-hybridized carbons (Fsp3) is 0.471. The second-order valence-corrected chi connectivity index (χ2v) is 5.87. The summed E-state index contributed by atoms with van der Waals surface area (Å²) in [7, 11) is 1.90. The third-order valence-corrected chi connectivity index (χ3v) is 3.73. The van der Waals surface area contributed by atoms with Crippen molar-refractivity contribution in [1.82, 2.24) is 20.8 Å². The minimum absolute atomic E-state index is 0. The molecule has 132 valence electrons. The second-order valence-electron chi connectivity index (χ2n) is 5.87. The highest BCUT2D eigenvalue weighted by Gasteiger charge is 2.18. The van der Waals surface area contributed by atoms with Gasteiger partial charge in [0.25, 0.3) is 0 Å². The van der Waals surface area contributed by atoms with Gasteiger partial charge in [0, 0.05) is 19.4 Å². The summed E-state index contributed by atoms with van der Waals surface area (Å²) in [4.78, 5) is 15.9. The standard InChI is InChI=1S/C17H24N4O2.ClH/c1-11-5-7-14(8-6-11)15(19-13(3)22)10-17-20-16(21-23-17)9-12(2)18-4;/h5-8,12,15,18H,9-10H2,1-4H3,(H,19,22);1H. The molecule has 1 heterocycles. The number of rotatable bonds is 7. The molecule has 0 saturated heterocycles. The van der Waals surface area contributed by atoms with Crippen molar-refractivity contribution in [3.63, 3.8) is 0 Å². The summed E-state index contributed by atoms with van der Waals surface area (Å²) in [6.07, 6.45) is 1.18. The van der Waals surface area contributed by atoms with Crippen molar-refractivity contribution < 1.29 is 9.32 Å². The number of carbonyl (C=O) groups excluding carboxylic acids is 1. The fourth-order valence-electron chi connectivity index (χ4n) is 2.30. The van der Waals surface area contributed by atoms with Crippen LogP contribution < -0.4 is 10.6 Å². The van der Waals surface area contributed by atoms with Crippen molar-refractivity contribution in [2.45, 2.75) is 45.7 Å². The van der Waals surface area contributed by atoms with E-state index in [-0.39, 0.29) is 30.4 Å². The minimum atomic E-state index is -0.178. The summed E-state index contributed by atoms with van der Waals surface area (Å²) in [5.74, 6) is 1.12. The first-order valence-corrected chi connectivity index (χ1v) is 7.80. The fourth-order valence-corrected chi connectivity index (χ4v) is 2.30. The zero-order valence-electron chi connectivity index (χ0n) is 14.5. The Bertz CT molecular complexity index is 642. The molecule has 0 saturated carbocycles. The molecule has 0 aliphatic heterocycles. The van der Waals surface area contributed by atoms with Crippen molar-refractivity contribution in [2.75, 3.05) is 7.05 Å². The van der Waals surface area contributed by atoms with E-state index in [1.54, 1.807) is 0 Å². The predicted molar refractivity (Wildman–Crippen MR) is 95.2 cm³/mol. The first-order valence-electron chi connectivity index (χ1n) is 7.80. The maximum absolute atomic E-state index is 11.5. The van der Waals surface area contributed by atoms with Crippen LogP contribution in [0, 0.1) is 6.92 Å². The summed E-state index contributed by atoms with van der Waals surface area (Å²) in [6.45, 7) is 5.60. The Kier molecular flexibility index (Phi) is 7.88. The van der Waals surface area contributed by atoms with Gasteiger partial charge in [-0.3, -0.25) is 4.79 Å². The van der Waals surface area contributed by atoms with Gasteiger partial charge in [0.2, 0.25) is 11.8 Å². The lowest BCUT2D eigenvalue weighted by Gasteiger charge is -2.16. The summed E-state index contributed by atoms with van der Waals surface area (Å²) >= 11 is 0. The van der Waals surface area contributed by atoms with Gasteiger partial charge in [0.15, 0.2) is 5.82 Å². The van der Waals surface area contributed by atoms with Gasteiger partial charge in [-0.1, -0.05) is 35.0 Å². The first-order chi connectivity index (χ1) is 11.0. The van der Waals surface area contributed by atoms with E-state index in [9.17, 15) is 4.79 Å². The molecule has 0 bridgehead atoms. The Balaban J connectivity index is 0.00000288. The van der Waals surface area contributed by atoms with E-state index in [1.807, 2.05) is 38.2 Å². The molecule has 2 rings (SSSR count). The van der Waals surface area contributed by atoms with Crippen LogP contribution in [-0.4, -0.2) is 29.1 Å². The van der Waals surface area contributed by atoms with Gasteiger partial charge in [0.05, 0.1) is 12.5 Å². The molecule has 0 spiro atoms. The van der Waals surface area contributed by atoms with Crippen LogP contribution in [0.3, 0.4) is 0 Å². The monoisotopic (exact) mass is 352 g/mol. The molecule has 1 aromatic heterocycles. The Morgan fingerprint density at radius 2 is 1.92 bits per heavy atom. The number of carbonyl (C=O) groups is 1. The Hall–Kier alpha value is -1.92. The number of aromatic nitrogens is 2. The quantitative estimate of drug-likeness (QED) is 0.799. The van der Waals surface area contributed by atoms with E-state index >= 15 is 0 Å². The van der Waals surface area contributed by atoms with Crippen molar-refractivity contribution in [1.29, 1.82) is 0 Å². The summed E-state index contributed by atoms with van der Waals surface area (Å²) in [5, 5.41) is 10.1. The van der Waals surface area contributed by atoms with Gasteiger partial charge < -0.3 is 15.2 Å². The van der Waals surface area contributed by atoms with Crippen LogP contribution in [0.4, 0.5) is 0 Å². The van der Waals surface area contributed by atoms with Crippen molar-refractivity contribution in [2.24, 2.45) is 0 Å². The molecule has 0 aliphatic carbocycles. The van der Waals surface area contributed by atoms with E-state index in [2.05, 4.69) is 27.7 Å². The highest BCUT2D eigenvalue weighted by molar-refractivity contribution is 5.85. The van der Waals surface area contributed by atoms with E-state index in [4.69, 9.17) is 4.52 Å². The van der Waals surface area contributed by atoms with Gasteiger partial charge in [-0.05, 0) is 26.5 Å². The third kappa shape index (κ3) is 5.94. The van der Waals surface area contributed by atoms with Crippen LogP contribution in [0.1, 0.15) is 42.7 Å². The topological polar surface area (TPSA) is 80.0 Å². The van der Waals surface area contributed by atoms with Gasteiger partial charge in [-0.25, -0.2) is 0 Å². The molecule has 24 heavy (non-hydrogen) atoms. The van der Waals surface area contributed by atoms with Crippen LogP contribution in [-0.2, 0) is 17.6 Å². The summed E-state index contributed by atoms with van der Waals surface area (Å²) in [6, 6.07) is 8.18. The normalized spacial score (nSPS) is 13.0. The number of hydrogen-bond acceptors (Lipinski definition) is 5. The van der Waals surface area contributed by atoms with E-state index in [0.29, 0.717) is 24.6 Å². The molecule has 1 aromatic carbocycles. The number of hydrogen-bond donors (Lipinski definition) is 2. The molecule has 2 atom stereocenters. The van der Waals surface area contributed by atoms with Crippen LogP contribution in [0.5, 0.6) is 0 Å². The number of benzene rings is 1. The Labute approximate surface area is 148 Å². The first kappa shape index (κ1) is 20.1. The molecule has 2 aromatic rings. The molecular formula is C17H25ClN4O2. The molecule has 2 unspecified atom stereocenters. The maximum Gasteiger partial charge on any atom is 0.229 e. The van der Waals surface area contributed by atoms with Gasteiger partial charge in [0.1, 0.15) is 0 Å². The number of aryl methyl sites for hydroxylation is 1. The number of likely N-dealkylation sites (N-methyl/N-ethyl adjacent to an activating group) is 1. The number of nitrogens with one attached hydrogen (secondary N) is 2. The lowest BCUT2D eigenvalue weighted by molar-refractivity contribution is -0.119. The second kappa shape index (κ2) is 9.39. The molecule has 6 nitrogen and oxygen atoms in total. The zero-order valence-corrected chi connectivity index (χ0v) is 15.3. The zero-order chi connectivity index (χ0) is 16.8.